The van der Waals surface area contributed by atoms with Gasteiger partial charge in [0, 0.05) is 15.8 Å². The van der Waals surface area contributed by atoms with Crippen LogP contribution in [-0.2, 0) is 6.42 Å². The molecule has 0 aliphatic heterocycles. The molecule has 1 atom stereocenters. The van der Waals surface area contributed by atoms with Gasteiger partial charge in [-0.3, -0.25) is 0 Å². The summed E-state index contributed by atoms with van der Waals surface area (Å²) in [6.45, 7) is 4.37. The van der Waals surface area contributed by atoms with E-state index in [1.807, 2.05) is 11.4 Å². The lowest BCUT2D eigenvalue weighted by atomic mass is 9.99. The molecule has 1 heterocycles. The van der Waals surface area contributed by atoms with Crippen molar-refractivity contribution < 1.29 is 5.11 Å². The fourth-order valence-electron chi connectivity index (χ4n) is 1.90. The molecule has 2 aromatic rings. The van der Waals surface area contributed by atoms with E-state index in [0.717, 1.165) is 9.35 Å². The Labute approximate surface area is 121 Å². The number of benzene rings is 1. The van der Waals surface area contributed by atoms with Crippen molar-refractivity contribution in [2.45, 2.75) is 32.3 Å². The van der Waals surface area contributed by atoms with Crippen molar-refractivity contribution >= 4 is 27.3 Å². The third-order valence-corrected chi connectivity index (χ3v) is 4.99. The average Bonchev–Trinajstić information content (AvgIpc) is 2.76. The first-order valence-corrected chi connectivity index (χ1v) is 7.75. The van der Waals surface area contributed by atoms with Gasteiger partial charge in [0.15, 0.2) is 0 Å². The van der Waals surface area contributed by atoms with Crippen LogP contribution in [0.2, 0.25) is 0 Å². The van der Waals surface area contributed by atoms with Gasteiger partial charge in [0.05, 0.1) is 6.10 Å². The summed E-state index contributed by atoms with van der Waals surface area (Å²) in [4.78, 5) is 1.00. The van der Waals surface area contributed by atoms with Crippen LogP contribution in [0.25, 0.3) is 0 Å². The number of halogens is 1. The lowest BCUT2D eigenvalue weighted by molar-refractivity contribution is 0.181. The minimum Gasteiger partial charge on any atom is -0.387 e. The lowest BCUT2D eigenvalue weighted by Gasteiger charge is -2.11. The van der Waals surface area contributed by atoms with Gasteiger partial charge in [-0.15, -0.1) is 11.3 Å². The molecular weight excluding hydrogens is 308 g/mol. The maximum atomic E-state index is 10.2. The van der Waals surface area contributed by atoms with Crippen LogP contribution in [0, 0.1) is 0 Å². The molecule has 1 aromatic heterocycles. The van der Waals surface area contributed by atoms with Gasteiger partial charge in [-0.25, -0.2) is 0 Å². The number of aliphatic hydroxyl groups is 1. The second kappa shape index (κ2) is 6.00. The zero-order chi connectivity index (χ0) is 13.1. The van der Waals surface area contributed by atoms with Crippen molar-refractivity contribution in [2.75, 3.05) is 0 Å². The van der Waals surface area contributed by atoms with E-state index in [9.17, 15) is 5.11 Å². The number of hydrogen-bond acceptors (Lipinski definition) is 2. The zero-order valence-corrected chi connectivity index (χ0v) is 13.0. The van der Waals surface area contributed by atoms with E-state index in [-0.39, 0.29) is 0 Å². The van der Waals surface area contributed by atoms with Crippen molar-refractivity contribution in [1.82, 2.24) is 0 Å². The summed E-state index contributed by atoms with van der Waals surface area (Å²) in [6.07, 6.45) is 0.238. The average molecular weight is 325 g/mol. The Morgan fingerprint density at radius 3 is 2.33 bits per heavy atom. The van der Waals surface area contributed by atoms with Crippen molar-refractivity contribution in [3.05, 3.63) is 56.2 Å². The highest BCUT2D eigenvalue weighted by Crippen LogP contribution is 2.31. The molecule has 0 saturated carbocycles. The molecule has 1 N–H and O–H groups in total. The minimum atomic E-state index is -0.427. The van der Waals surface area contributed by atoms with Crippen LogP contribution in [0.3, 0.4) is 0 Å². The highest BCUT2D eigenvalue weighted by molar-refractivity contribution is 9.10. The summed E-state index contributed by atoms with van der Waals surface area (Å²) >= 11 is 5.05. The molecule has 96 valence electrons. The molecule has 0 radical (unpaired) electrons. The third-order valence-electron chi connectivity index (χ3n) is 3.02. The number of thiophene rings is 1. The van der Waals surface area contributed by atoms with Crippen LogP contribution in [0.15, 0.2) is 40.2 Å². The first-order valence-electron chi connectivity index (χ1n) is 6.07. The SMILES string of the molecule is CC(C)c1ccc(CC(O)c2sccc2Br)cc1. The van der Waals surface area contributed by atoms with Gasteiger partial charge in [-0.05, 0) is 44.4 Å². The molecule has 0 amide bonds. The molecule has 1 aromatic carbocycles. The summed E-state index contributed by atoms with van der Waals surface area (Å²) in [5.41, 5.74) is 2.51. The second-order valence-electron chi connectivity index (χ2n) is 4.75. The molecular formula is C15H17BrOS. The van der Waals surface area contributed by atoms with E-state index in [1.54, 1.807) is 11.3 Å². The Bertz CT molecular complexity index is 501. The van der Waals surface area contributed by atoms with Gasteiger partial charge in [0.1, 0.15) is 0 Å². The predicted octanol–water partition coefficient (Wildman–Crippen LogP) is 4.91. The molecule has 18 heavy (non-hydrogen) atoms. The van der Waals surface area contributed by atoms with E-state index in [2.05, 4.69) is 54.0 Å². The topological polar surface area (TPSA) is 20.2 Å². The van der Waals surface area contributed by atoms with Gasteiger partial charge in [0.2, 0.25) is 0 Å². The second-order valence-corrected chi connectivity index (χ2v) is 6.55. The molecule has 0 aliphatic rings. The van der Waals surface area contributed by atoms with Crippen LogP contribution in [0.4, 0.5) is 0 Å². The van der Waals surface area contributed by atoms with Crippen LogP contribution in [-0.4, -0.2) is 5.11 Å². The Morgan fingerprint density at radius 2 is 1.83 bits per heavy atom. The van der Waals surface area contributed by atoms with E-state index >= 15 is 0 Å². The van der Waals surface area contributed by atoms with Gasteiger partial charge in [-0.1, -0.05) is 38.1 Å². The van der Waals surface area contributed by atoms with Crippen LogP contribution < -0.4 is 0 Å². The molecule has 1 nitrogen and oxygen atoms in total. The molecule has 0 spiro atoms. The molecule has 3 heteroatoms. The predicted molar refractivity (Wildman–Crippen MR) is 81.2 cm³/mol. The Balaban J connectivity index is 2.08. The van der Waals surface area contributed by atoms with Gasteiger partial charge in [0.25, 0.3) is 0 Å². The number of aliphatic hydroxyl groups excluding tert-OH is 1. The first kappa shape index (κ1) is 13.8. The van der Waals surface area contributed by atoms with Crippen molar-refractivity contribution in [2.24, 2.45) is 0 Å². The van der Waals surface area contributed by atoms with Crippen LogP contribution in [0.5, 0.6) is 0 Å². The molecule has 0 aliphatic carbocycles. The van der Waals surface area contributed by atoms with Gasteiger partial charge >= 0.3 is 0 Å². The summed E-state index contributed by atoms with van der Waals surface area (Å²) in [5.74, 6) is 0.551. The van der Waals surface area contributed by atoms with Gasteiger partial charge in [-0.2, -0.15) is 0 Å². The maximum Gasteiger partial charge on any atom is 0.0933 e. The lowest BCUT2D eigenvalue weighted by Crippen LogP contribution is -2.00. The molecule has 0 saturated heterocycles. The Morgan fingerprint density at radius 1 is 1.17 bits per heavy atom. The van der Waals surface area contributed by atoms with E-state index < -0.39 is 6.10 Å². The van der Waals surface area contributed by atoms with E-state index in [4.69, 9.17) is 0 Å². The molecule has 2 rings (SSSR count). The standard InChI is InChI=1S/C15H17BrOS/c1-10(2)12-5-3-11(4-6-12)9-14(17)15-13(16)7-8-18-15/h3-8,10,14,17H,9H2,1-2H3. The summed E-state index contributed by atoms with van der Waals surface area (Å²) in [5, 5.41) is 12.2. The van der Waals surface area contributed by atoms with Crippen LogP contribution in [0.1, 0.15) is 41.9 Å². The molecule has 0 bridgehead atoms. The van der Waals surface area contributed by atoms with E-state index in [1.165, 1.54) is 11.1 Å². The number of rotatable bonds is 4. The highest BCUT2D eigenvalue weighted by Gasteiger charge is 2.13. The normalized spacial score (nSPS) is 12.9. The molecule has 1 unspecified atom stereocenters. The third kappa shape index (κ3) is 3.22. The van der Waals surface area contributed by atoms with Crippen molar-refractivity contribution in [3.8, 4) is 0 Å². The summed E-state index contributed by atoms with van der Waals surface area (Å²) in [6, 6.07) is 10.5. The summed E-state index contributed by atoms with van der Waals surface area (Å²) < 4.78 is 0.999. The Kier molecular flexibility index (Phi) is 4.60. The quantitative estimate of drug-likeness (QED) is 0.847. The number of hydrogen-bond donors (Lipinski definition) is 1. The minimum absolute atomic E-state index is 0.427. The summed E-state index contributed by atoms with van der Waals surface area (Å²) in [7, 11) is 0. The van der Waals surface area contributed by atoms with Crippen LogP contribution >= 0.6 is 27.3 Å². The zero-order valence-electron chi connectivity index (χ0n) is 10.6. The van der Waals surface area contributed by atoms with Crippen molar-refractivity contribution in [1.29, 1.82) is 0 Å². The monoisotopic (exact) mass is 324 g/mol. The maximum absolute atomic E-state index is 10.2. The van der Waals surface area contributed by atoms with E-state index in [0.29, 0.717) is 12.3 Å². The fraction of sp³-hybridized carbons (Fsp3) is 0.333. The first-order chi connectivity index (χ1) is 8.58. The smallest absolute Gasteiger partial charge is 0.0933 e. The Hall–Kier alpha value is -0.640. The van der Waals surface area contributed by atoms with Gasteiger partial charge < -0.3 is 5.11 Å². The molecule has 0 fully saturated rings. The largest absolute Gasteiger partial charge is 0.387 e. The van der Waals surface area contributed by atoms with Crippen molar-refractivity contribution in [3.63, 3.8) is 0 Å². The fourth-order valence-corrected chi connectivity index (χ4v) is 3.52. The highest BCUT2D eigenvalue weighted by atomic mass is 79.9.